The first-order chi connectivity index (χ1) is 6.72. The van der Waals surface area contributed by atoms with Crippen molar-refractivity contribution in [2.24, 2.45) is 0 Å². The first-order valence-electron chi connectivity index (χ1n) is 4.14. The highest BCUT2D eigenvalue weighted by molar-refractivity contribution is 5.75. The van der Waals surface area contributed by atoms with E-state index in [2.05, 4.69) is 20.6 Å². The fourth-order valence-corrected chi connectivity index (χ4v) is 0.816. The predicted molar refractivity (Wildman–Crippen MR) is 49.2 cm³/mol. The van der Waals surface area contributed by atoms with E-state index in [1.165, 1.54) is 0 Å². The number of carbonyl (C=O) groups is 1. The van der Waals surface area contributed by atoms with E-state index >= 15 is 0 Å². The first-order valence-corrected chi connectivity index (χ1v) is 4.14. The molecule has 0 saturated heterocycles. The lowest BCUT2D eigenvalue weighted by molar-refractivity contribution is -0.120. The summed E-state index contributed by atoms with van der Waals surface area (Å²) in [5, 5.41) is 5.27. The molecule has 0 fully saturated rings. The van der Waals surface area contributed by atoms with E-state index in [9.17, 15) is 9.18 Å². The van der Waals surface area contributed by atoms with Crippen LogP contribution in [-0.2, 0) is 4.79 Å². The molecule has 0 atom stereocenters. The van der Waals surface area contributed by atoms with Crippen LogP contribution in [0.3, 0.4) is 0 Å². The van der Waals surface area contributed by atoms with Gasteiger partial charge in [-0.3, -0.25) is 4.79 Å². The molecule has 76 valence electrons. The zero-order valence-corrected chi connectivity index (χ0v) is 7.75. The molecule has 0 bridgehead atoms. The van der Waals surface area contributed by atoms with Crippen LogP contribution < -0.4 is 10.6 Å². The van der Waals surface area contributed by atoms with Gasteiger partial charge in [-0.25, -0.2) is 14.4 Å². The van der Waals surface area contributed by atoms with Crippen LogP contribution >= 0.6 is 0 Å². The quantitative estimate of drug-likeness (QED) is 0.723. The maximum absolute atomic E-state index is 12.4. The third kappa shape index (κ3) is 3.34. The highest BCUT2D eigenvalue weighted by Crippen LogP contribution is 1.97. The Kier molecular flexibility index (Phi) is 3.78. The van der Waals surface area contributed by atoms with Gasteiger partial charge >= 0.3 is 0 Å². The third-order valence-electron chi connectivity index (χ3n) is 1.53. The molecule has 0 radical (unpaired) electrons. The Morgan fingerprint density at radius 3 is 2.71 bits per heavy atom. The molecule has 5 nitrogen and oxygen atoms in total. The maximum atomic E-state index is 12.4. The molecule has 0 aliphatic rings. The molecule has 0 aliphatic carbocycles. The summed E-state index contributed by atoms with van der Waals surface area (Å²) in [6.45, 7) is 0.422. The van der Waals surface area contributed by atoms with Gasteiger partial charge in [-0.05, 0) is 0 Å². The summed E-state index contributed by atoms with van der Waals surface area (Å²) >= 11 is 0. The van der Waals surface area contributed by atoms with Gasteiger partial charge in [0.15, 0.2) is 5.82 Å². The second-order valence-corrected chi connectivity index (χ2v) is 2.57. The number of amides is 1. The number of aromatic nitrogens is 2. The summed E-state index contributed by atoms with van der Waals surface area (Å²) in [5.41, 5.74) is 0. The second kappa shape index (κ2) is 5.11. The third-order valence-corrected chi connectivity index (χ3v) is 1.53. The van der Waals surface area contributed by atoms with Crippen LogP contribution in [0.15, 0.2) is 12.4 Å². The molecule has 1 aromatic heterocycles. The molecule has 1 rings (SSSR count). The minimum absolute atomic E-state index is 0.0698. The van der Waals surface area contributed by atoms with Crippen molar-refractivity contribution in [3.8, 4) is 0 Å². The van der Waals surface area contributed by atoms with Crippen LogP contribution in [0.5, 0.6) is 0 Å². The molecule has 6 heteroatoms. The Morgan fingerprint density at radius 1 is 1.50 bits per heavy atom. The van der Waals surface area contributed by atoms with Gasteiger partial charge in [0, 0.05) is 20.0 Å². The molecular weight excluding hydrogens is 187 g/mol. The number of rotatable bonds is 4. The van der Waals surface area contributed by atoms with Crippen molar-refractivity contribution in [3.63, 3.8) is 0 Å². The molecule has 0 saturated carbocycles. The Balaban J connectivity index is 2.31. The predicted octanol–water partition coefficient (Wildman–Crippen LogP) is 0.164. The number of nitrogens with zero attached hydrogens (tertiary/aromatic N) is 2. The number of halogens is 1. The monoisotopic (exact) mass is 198 g/mol. The summed E-state index contributed by atoms with van der Waals surface area (Å²) in [5.74, 6) is -0.239. The average molecular weight is 198 g/mol. The summed E-state index contributed by atoms with van der Waals surface area (Å²) in [4.78, 5) is 18.1. The molecule has 0 spiro atoms. The van der Waals surface area contributed by atoms with Gasteiger partial charge in [0.05, 0.1) is 12.4 Å². The summed E-state index contributed by atoms with van der Waals surface area (Å²) in [6, 6.07) is 0. The largest absolute Gasteiger partial charge is 0.359 e. The number of hydrogen-bond donors (Lipinski definition) is 2. The summed E-state index contributed by atoms with van der Waals surface area (Å²) < 4.78 is 12.4. The molecule has 2 N–H and O–H groups in total. The van der Waals surface area contributed by atoms with E-state index in [1.54, 1.807) is 7.05 Å². The molecule has 0 unspecified atom stereocenters. The van der Waals surface area contributed by atoms with Crippen LogP contribution in [0, 0.1) is 5.82 Å². The molecule has 14 heavy (non-hydrogen) atoms. The number of hydrogen-bond acceptors (Lipinski definition) is 4. The smallest absolute Gasteiger partial charge is 0.222 e. The Morgan fingerprint density at radius 2 is 2.14 bits per heavy atom. The zero-order chi connectivity index (χ0) is 10.4. The molecular formula is C8H11FN4O. The molecule has 1 heterocycles. The highest BCUT2D eigenvalue weighted by atomic mass is 19.1. The van der Waals surface area contributed by atoms with Crippen molar-refractivity contribution in [1.82, 2.24) is 15.3 Å². The van der Waals surface area contributed by atoms with E-state index in [1.807, 2.05) is 0 Å². The number of anilines is 1. The summed E-state index contributed by atoms with van der Waals surface area (Å²) in [7, 11) is 1.57. The standard InChI is InChI=1S/C8H11FN4O/c1-10-7(14)2-3-11-8-12-4-6(9)5-13-8/h4-5H,2-3H2,1H3,(H,10,14)(H,11,12,13). The van der Waals surface area contributed by atoms with E-state index < -0.39 is 5.82 Å². The van der Waals surface area contributed by atoms with Crippen molar-refractivity contribution in [2.45, 2.75) is 6.42 Å². The van der Waals surface area contributed by atoms with Crippen LogP contribution in [0.4, 0.5) is 10.3 Å². The fourth-order valence-electron chi connectivity index (χ4n) is 0.816. The lowest BCUT2D eigenvalue weighted by atomic mass is 10.4. The molecule has 1 amide bonds. The van der Waals surface area contributed by atoms with Gasteiger partial charge in [-0.2, -0.15) is 0 Å². The van der Waals surface area contributed by atoms with Gasteiger partial charge < -0.3 is 10.6 Å². The van der Waals surface area contributed by atoms with Crippen molar-refractivity contribution < 1.29 is 9.18 Å². The lowest BCUT2D eigenvalue weighted by Crippen LogP contribution is -2.21. The second-order valence-electron chi connectivity index (χ2n) is 2.57. The van der Waals surface area contributed by atoms with Crippen molar-refractivity contribution in [2.75, 3.05) is 18.9 Å². The van der Waals surface area contributed by atoms with E-state index in [0.717, 1.165) is 12.4 Å². The van der Waals surface area contributed by atoms with Crippen molar-refractivity contribution >= 4 is 11.9 Å². The maximum Gasteiger partial charge on any atom is 0.222 e. The van der Waals surface area contributed by atoms with Crippen LogP contribution in [-0.4, -0.2) is 29.5 Å². The number of nitrogens with one attached hydrogen (secondary N) is 2. The van der Waals surface area contributed by atoms with E-state index in [4.69, 9.17) is 0 Å². The van der Waals surface area contributed by atoms with Gasteiger partial charge in [-0.15, -0.1) is 0 Å². The molecule has 0 aromatic carbocycles. The van der Waals surface area contributed by atoms with Crippen LogP contribution in [0.2, 0.25) is 0 Å². The zero-order valence-electron chi connectivity index (χ0n) is 7.75. The van der Waals surface area contributed by atoms with Crippen LogP contribution in [0.25, 0.3) is 0 Å². The molecule has 0 aliphatic heterocycles. The first kappa shape index (κ1) is 10.4. The topological polar surface area (TPSA) is 66.9 Å². The van der Waals surface area contributed by atoms with Gasteiger partial charge in [0.25, 0.3) is 0 Å². The minimum Gasteiger partial charge on any atom is -0.359 e. The Labute approximate surface area is 80.8 Å². The highest BCUT2D eigenvalue weighted by Gasteiger charge is 1.99. The molecule has 1 aromatic rings. The minimum atomic E-state index is -0.484. The van der Waals surface area contributed by atoms with Crippen LogP contribution in [0.1, 0.15) is 6.42 Å². The van der Waals surface area contributed by atoms with Crippen molar-refractivity contribution in [1.29, 1.82) is 0 Å². The SMILES string of the molecule is CNC(=O)CCNc1ncc(F)cn1. The Bertz CT molecular complexity index is 301. The number of carbonyl (C=O) groups excluding carboxylic acids is 1. The van der Waals surface area contributed by atoms with Gasteiger partial charge in [0.1, 0.15) is 0 Å². The lowest BCUT2D eigenvalue weighted by Gasteiger charge is -2.02. The summed E-state index contributed by atoms with van der Waals surface area (Å²) in [6.07, 6.45) is 2.46. The van der Waals surface area contributed by atoms with Gasteiger partial charge in [-0.1, -0.05) is 0 Å². The average Bonchev–Trinajstić information content (AvgIpc) is 2.21. The Hall–Kier alpha value is -1.72. The fraction of sp³-hybridized carbons (Fsp3) is 0.375. The van der Waals surface area contributed by atoms with Gasteiger partial charge in [0.2, 0.25) is 11.9 Å². The van der Waals surface area contributed by atoms with E-state index in [0.29, 0.717) is 18.9 Å². The normalized spacial score (nSPS) is 9.57. The van der Waals surface area contributed by atoms with E-state index in [-0.39, 0.29) is 5.91 Å². The van der Waals surface area contributed by atoms with Crippen molar-refractivity contribution in [3.05, 3.63) is 18.2 Å².